The van der Waals surface area contributed by atoms with Gasteiger partial charge < -0.3 is 0 Å². The van der Waals surface area contributed by atoms with Gasteiger partial charge in [0.2, 0.25) is 0 Å². The van der Waals surface area contributed by atoms with E-state index in [4.69, 9.17) is 0 Å². The van der Waals surface area contributed by atoms with Gasteiger partial charge in [0.25, 0.3) is 0 Å². The van der Waals surface area contributed by atoms with Crippen LogP contribution in [-0.2, 0) is 9.84 Å². The van der Waals surface area contributed by atoms with E-state index in [0.717, 1.165) is 6.04 Å². The van der Waals surface area contributed by atoms with Gasteiger partial charge in [0.15, 0.2) is 0 Å². The lowest BCUT2D eigenvalue weighted by Gasteiger charge is -2.14. The number of hydrogen-bond donors (Lipinski definition) is 0. The molecule has 11 heavy (non-hydrogen) atoms. The third-order valence-electron chi connectivity index (χ3n) is 1.60. The van der Waals surface area contributed by atoms with Crippen LogP contribution in [-0.4, -0.2) is 28.0 Å². The molecule has 0 aliphatic carbocycles. The first-order valence-corrected chi connectivity index (χ1v) is 9.50. The Morgan fingerprint density at radius 1 is 1.18 bits per heavy atom. The molecule has 0 atom stereocenters. The van der Waals surface area contributed by atoms with Crippen molar-refractivity contribution in [1.82, 2.24) is 0 Å². The molecule has 0 fully saturated rings. The van der Waals surface area contributed by atoms with Gasteiger partial charge in [-0.1, -0.05) is 26.6 Å². The van der Waals surface area contributed by atoms with E-state index in [2.05, 4.69) is 19.6 Å². The molecule has 0 N–H and O–H groups in total. The second-order valence-corrected chi connectivity index (χ2v) is 12.1. The smallest absolute Gasteiger partial charge is 0.149 e. The first-order valence-electron chi connectivity index (χ1n) is 3.97. The maximum absolute atomic E-state index is 11.1. The van der Waals surface area contributed by atoms with Crippen LogP contribution in [0.3, 0.4) is 0 Å². The minimum atomic E-state index is -2.72. The lowest BCUT2D eigenvalue weighted by atomic mass is 10.9. The van der Waals surface area contributed by atoms with Gasteiger partial charge in [-0.15, -0.1) is 0 Å². The quantitative estimate of drug-likeness (QED) is 0.639. The lowest BCUT2D eigenvalue weighted by molar-refractivity contribution is 0.598. The molecule has 0 bridgehead atoms. The SMILES string of the molecule is CCS(=O)(=O)CC[Si](C)(C)C. The van der Waals surface area contributed by atoms with E-state index in [0.29, 0.717) is 5.75 Å². The van der Waals surface area contributed by atoms with E-state index in [-0.39, 0.29) is 5.75 Å². The summed E-state index contributed by atoms with van der Waals surface area (Å²) in [6.07, 6.45) is 0. The fourth-order valence-corrected chi connectivity index (χ4v) is 4.59. The molecule has 0 aliphatic rings. The normalized spacial score (nSPS) is 13.5. The van der Waals surface area contributed by atoms with Crippen molar-refractivity contribution in [2.24, 2.45) is 0 Å². The molecule has 0 aromatic carbocycles. The Kier molecular flexibility index (Phi) is 3.77. The van der Waals surface area contributed by atoms with E-state index in [1.165, 1.54) is 0 Å². The first-order chi connectivity index (χ1) is 4.77. The Morgan fingerprint density at radius 3 is 1.91 bits per heavy atom. The van der Waals surface area contributed by atoms with Gasteiger partial charge in [-0.05, 0) is 6.04 Å². The zero-order valence-electron chi connectivity index (χ0n) is 7.85. The molecule has 0 amide bonds. The van der Waals surface area contributed by atoms with Crippen molar-refractivity contribution < 1.29 is 8.42 Å². The molecule has 0 aliphatic heterocycles. The van der Waals surface area contributed by atoms with Crippen molar-refractivity contribution in [1.29, 1.82) is 0 Å². The minimum absolute atomic E-state index is 0.289. The Labute approximate surface area is 70.9 Å². The summed E-state index contributed by atoms with van der Waals surface area (Å²) in [6.45, 7) is 8.29. The summed E-state index contributed by atoms with van der Waals surface area (Å²) < 4.78 is 22.1. The molecule has 4 heteroatoms. The fourth-order valence-electron chi connectivity index (χ4n) is 0.606. The van der Waals surface area contributed by atoms with Crippen LogP contribution < -0.4 is 0 Å². The van der Waals surface area contributed by atoms with Crippen LogP contribution in [0, 0.1) is 0 Å². The molecule has 0 unspecified atom stereocenters. The van der Waals surface area contributed by atoms with E-state index in [1.54, 1.807) is 6.92 Å². The molecule has 0 rings (SSSR count). The van der Waals surface area contributed by atoms with Crippen LogP contribution in [0.4, 0.5) is 0 Å². The van der Waals surface area contributed by atoms with Crippen molar-refractivity contribution >= 4 is 17.9 Å². The molecule has 0 saturated carbocycles. The molecule has 0 spiro atoms. The minimum Gasteiger partial charge on any atom is -0.229 e. The van der Waals surface area contributed by atoms with Gasteiger partial charge in [-0.3, -0.25) is 0 Å². The summed E-state index contributed by atoms with van der Waals surface area (Å²) in [7, 11) is -3.88. The molecule has 0 aromatic rings. The Bertz CT molecular complexity index is 201. The molecule has 68 valence electrons. The number of hydrogen-bond acceptors (Lipinski definition) is 2. The highest BCUT2D eigenvalue weighted by Crippen LogP contribution is 2.09. The maximum atomic E-state index is 11.1. The largest absolute Gasteiger partial charge is 0.229 e. The van der Waals surface area contributed by atoms with E-state index < -0.39 is 17.9 Å². The zero-order chi connectivity index (χ0) is 9.12. The summed E-state index contributed by atoms with van der Waals surface area (Å²) in [5.74, 6) is 0.677. The van der Waals surface area contributed by atoms with Gasteiger partial charge in [0.1, 0.15) is 9.84 Å². The Hall–Kier alpha value is 0.167. The summed E-state index contributed by atoms with van der Waals surface area (Å²) in [6, 6.07) is 0.892. The summed E-state index contributed by atoms with van der Waals surface area (Å²) in [4.78, 5) is 0. The first kappa shape index (κ1) is 11.2. The maximum Gasteiger partial charge on any atom is 0.149 e. The third-order valence-corrected chi connectivity index (χ3v) is 5.42. The van der Waals surface area contributed by atoms with Crippen molar-refractivity contribution in [2.75, 3.05) is 11.5 Å². The average Bonchev–Trinajstić information content (AvgIpc) is 1.83. The predicted molar refractivity (Wildman–Crippen MR) is 52.5 cm³/mol. The van der Waals surface area contributed by atoms with Crippen molar-refractivity contribution in [3.63, 3.8) is 0 Å². The van der Waals surface area contributed by atoms with Crippen molar-refractivity contribution in [2.45, 2.75) is 32.6 Å². The van der Waals surface area contributed by atoms with Crippen LogP contribution in [0.5, 0.6) is 0 Å². The molecule has 0 aromatic heterocycles. The highest BCUT2D eigenvalue weighted by Gasteiger charge is 2.17. The molecular formula is C7H18O2SSi. The van der Waals surface area contributed by atoms with Crippen molar-refractivity contribution in [3.8, 4) is 0 Å². The molecular weight excluding hydrogens is 176 g/mol. The van der Waals surface area contributed by atoms with Crippen LogP contribution in [0.15, 0.2) is 0 Å². The number of rotatable bonds is 4. The van der Waals surface area contributed by atoms with Crippen LogP contribution in [0.2, 0.25) is 25.7 Å². The standard InChI is InChI=1S/C7H18O2SSi/c1-5-10(8,9)6-7-11(2,3)4/h5-7H2,1-4H3. The second-order valence-electron chi connectivity index (χ2n) is 4.05. The molecule has 0 radical (unpaired) electrons. The van der Waals surface area contributed by atoms with Gasteiger partial charge in [0.05, 0.1) is 0 Å². The van der Waals surface area contributed by atoms with Gasteiger partial charge in [-0.25, -0.2) is 8.42 Å². The topological polar surface area (TPSA) is 34.1 Å². The highest BCUT2D eigenvalue weighted by atomic mass is 32.2. The van der Waals surface area contributed by atoms with Crippen LogP contribution in [0.25, 0.3) is 0 Å². The highest BCUT2D eigenvalue weighted by molar-refractivity contribution is 7.91. The third kappa shape index (κ3) is 6.56. The van der Waals surface area contributed by atoms with E-state index >= 15 is 0 Å². The predicted octanol–water partition coefficient (Wildman–Crippen LogP) is 1.76. The molecule has 2 nitrogen and oxygen atoms in total. The van der Waals surface area contributed by atoms with Gasteiger partial charge >= 0.3 is 0 Å². The number of sulfone groups is 1. The van der Waals surface area contributed by atoms with Gasteiger partial charge in [0, 0.05) is 19.6 Å². The Morgan fingerprint density at radius 2 is 1.64 bits per heavy atom. The lowest BCUT2D eigenvalue weighted by Crippen LogP contribution is -2.24. The molecule has 0 saturated heterocycles. The Balaban J connectivity index is 3.91. The summed E-state index contributed by atoms with van der Waals surface area (Å²) >= 11 is 0. The fraction of sp³-hybridized carbons (Fsp3) is 1.00. The van der Waals surface area contributed by atoms with Crippen LogP contribution >= 0.6 is 0 Å². The molecule has 0 heterocycles. The van der Waals surface area contributed by atoms with E-state index in [9.17, 15) is 8.42 Å². The zero-order valence-corrected chi connectivity index (χ0v) is 9.66. The summed E-state index contributed by atoms with van der Waals surface area (Å²) in [5, 5.41) is 0. The monoisotopic (exact) mass is 194 g/mol. The average molecular weight is 194 g/mol. The second kappa shape index (κ2) is 3.71. The van der Waals surface area contributed by atoms with Crippen molar-refractivity contribution in [3.05, 3.63) is 0 Å². The summed E-state index contributed by atoms with van der Waals surface area (Å²) in [5.41, 5.74) is 0. The van der Waals surface area contributed by atoms with Gasteiger partial charge in [-0.2, -0.15) is 0 Å². The van der Waals surface area contributed by atoms with E-state index in [1.807, 2.05) is 0 Å². The van der Waals surface area contributed by atoms with Crippen LogP contribution in [0.1, 0.15) is 6.92 Å².